The predicted molar refractivity (Wildman–Crippen MR) is 114 cm³/mol. The third kappa shape index (κ3) is 3.40. The summed E-state index contributed by atoms with van der Waals surface area (Å²) in [5.41, 5.74) is 2.62. The highest BCUT2D eigenvalue weighted by atomic mass is 16.5. The van der Waals surface area contributed by atoms with Crippen LogP contribution >= 0.6 is 0 Å². The molecule has 0 atom stereocenters. The minimum absolute atomic E-state index is 0.195. The molecule has 0 saturated carbocycles. The van der Waals surface area contributed by atoms with Crippen molar-refractivity contribution < 1.29 is 14.3 Å². The van der Waals surface area contributed by atoms with Gasteiger partial charge in [0.1, 0.15) is 11.4 Å². The number of imide groups is 1. The lowest BCUT2D eigenvalue weighted by atomic mass is 10.0. The van der Waals surface area contributed by atoms with E-state index in [2.05, 4.69) is 5.32 Å². The number of carbonyl (C=O) groups is 2. The van der Waals surface area contributed by atoms with Gasteiger partial charge in [-0.05, 0) is 54.1 Å². The van der Waals surface area contributed by atoms with Gasteiger partial charge in [0.05, 0.1) is 30.0 Å². The first-order valence-electron chi connectivity index (χ1n) is 9.22. The Kier molecular flexibility index (Phi) is 5.02. The molecule has 3 aromatic carbocycles. The van der Waals surface area contributed by atoms with Crippen LogP contribution in [0.5, 0.6) is 5.75 Å². The molecule has 0 aliphatic carbocycles. The van der Waals surface area contributed by atoms with Gasteiger partial charge in [0.25, 0.3) is 11.8 Å². The Bertz CT molecular complexity index is 1180. The molecule has 4 rings (SSSR count). The number of rotatable bonds is 5. The molecule has 1 aliphatic rings. The lowest BCUT2D eigenvalue weighted by Gasteiger charge is -2.15. The minimum Gasteiger partial charge on any atom is -0.497 e. The van der Waals surface area contributed by atoms with Crippen molar-refractivity contribution in [3.05, 3.63) is 95.7 Å². The number of nitrogens with zero attached hydrogens (tertiary/aromatic N) is 2. The van der Waals surface area contributed by atoms with E-state index < -0.39 is 11.8 Å². The van der Waals surface area contributed by atoms with Crippen LogP contribution in [-0.2, 0) is 9.59 Å². The Labute approximate surface area is 173 Å². The van der Waals surface area contributed by atoms with Gasteiger partial charge in [0, 0.05) is 5.69 Å². The van der Waals surface area contributed by atoms with Crippen LogP contribution in [-0.4, -0.2) is 18.9 Å². The van der Waals surface area contributed by atoms with E-state index in [4.69, 9.17) is 10.00 Å². The standard InChI is InChI=1S/C24H17N3O3/c1-30-20-13-9-17(10-14-20)21-22(26-18-5-3-2-4-6-18)24(29)27(23(21)28)19-11-7-16(15-25)8-12-19/h2-14,26H,1H3. The first-order valence-corrected chi connectivity index (χ1v) is 9.22. The lowest BCUT2D eigenvalue weighted by Crippen LogP contribution is -2.32. The van der Waals surface area contributed by atoms with Crippen molar-refractivity contribution in [3.8, 4) is 11.8 Å². The van der Waals surface area contributed by atoms with Crippen LogP contribution in [0.2, 0.25) is 0 Å². The molecule has 6 nitrogen and oxygen atoms in total. The number of nitriles is 1. The van der Waals surface area contributed by atoms with E-state index in [1.807, 2.05) is 36.4 Å². The quantitative estimate of drug-likeness (QED) is 0.661. The van der Waals surface area contributed by atoms with E-state index in [1.165, 1.54) is 0 Å². The molecule has 146 valence electrons. The van der Waals surface area contributed by atoms with Crippen molar-refractivity contribution >= 4 is 28.8 Å². The Hall–Kier alpha value is -4.37. The summed E-state index contributed by atoms with van der Waals surface area (Å²) < 4.78 is 5.19. The Morgan fingerprint density at radius 3 is 2.13 bits per heavy atom. The topological polar surface area (TPSA) is 82.4 Å². The van der Waals surface area contributed by atoms with Gasteiger partial charge < -0.3 is 10.1 Å². The maximum Gasteiger partial charge on any atom is 0.282 e. The van der Waals surface area contributed by atoms with Crippen molar-refractivity contribution in [2.75, 3.05) is 17.3 Å². The van der Waals surface area contributed by atoms with E-state index >= 15 is 0 Å². The van der Waals surface area contributed by atoms with E-state index in [9.17, 15) is 9.59 Å². The van der Waals surface area contributed by atoms with Crippen LogP contribution in [0.3, 0.4) is 0 Å². The summed E-state index contributed by atoms with van der Waals surface area (Å²) in [6.45, 7) is 0. The van der Waals surface area contributed by atoms with Crippen molar-refractivity contribution in [1.82, 2.24) is 0 Å². The molecular formula is C24H17N3O3. The number of para-hydroxylation sites is 1. The summed E-state index contributed by atoms with van der Waals surface area (Å²) in [5, 5.41) is 12.1. The highest BCUT2D eigenvalue weighted by molar-refractivity contribution is 6.46. The molecule has 0 fully saturated rings. The number of hydrogen-bond acceptors (Lipinski definition) is 5. The Balaban J connectivity index is 1.79. The molecule has 0 bridgehead atoms. The van der Waals surface area contributed by atoms with Crippen molar-refractivity contribution in [1.29, 1.82) is 5.26 Å². The molecule has 0 aromatic heterocycles. The second-order valence-electron chi connectivity index (χ2n) is 6.57. The second-order valence-corrected chi connectivity index (χ2v) is 6.57. The molecular weight excluding hydrogens is 378 g/mol. The van der Waals surface area contributed by atoms with Crippen LogP contribution in [0.1, 0.15) is 11.1 Å². The normalized spacial score (nSPS) is 13.4. The summed E-state index contributed by atoms with van der Waals surface area (Å²) in [4.78, 5) is 27.7. The lowest BCUT2D eigenvalue weighted by molar-refractivity contribution is -0.120. The third-order valence-electron chi connectivity index (χ3n) is 4.76. The summed E-state index contributed by atoms with van der Waals surface area (Å²) in [6, 6.07) is 24.5. The zero-order chi connectivity index (χ0) is 21.1. The predicted octanol–water partition coefficient (Wildman–Crippen LogP) is 3.96. The van der Waals surface area contributed by atoms with Crippen molar-refractivity contribution in [2.45, 2.75) is 0 Å². The Morgan fingerprint density at radius 1 is 0.867 bits per heavy atom. The minimum atomic E-state index is -0.459. The first kappa shape index (κ1) is 19.0. The zero-order valence-electron chi connectivity index (χ0n) is 16.1. The van der Waals surface area contributed by atoms with Gasteiger partial charge in [0.15, 0.2) is 0 Å². The highest BCUT2D eigenvalue weighted by Gasteiger charge is 2.40. The summed E-state index contributed by atoms with van der Waals surface area (Å²) in [5.74, 6) is -0.245. The fourth-order valence-corrected chi connectivity index (χ4v) is 3.26. The van der Waals surface area contributed by atoms with Crippen LogP contribution in [0.25, 0.3) is 5.57 Å². The molecule has 2 amide bonds. The largest absolute Gasteiger partial charge is 0.497 e. The number of methoxy groups -OCH3 is 1. The van der Waals surface area contributed by atoms with Crippen LogP contribution in [0.15, 0.2) is 84.6 Å². The number of hydrogen-bond donors (Lipinski definition) is 1. The van der Waals surface area contributed by atoms with Gasteiger partial charge in [-0.15, -0.1) is 0 Å². The van der Waals surface area contributed by atoms with Gasteiger partial charge in [-0.25, -0.2) is 4.90 Å². The molecule has 0 unspecified atom stereocenters. The summed E-state index contributed by atoms with van der Waals surface area (Å²) in [6.07, 6.45) is 0. The summed E-state index contributed by atoms with van der Waals surface area (Å²) >= 11 is 0. The number of carbonyl (C=O) groups excluding carboxylic acids is 2. The SMILES string of the molecule is COc1ccc(C2=C(Nc3ccccc3)C(=O)N(c3ccc(C#N)cc3)C2=O)cc1. The van der Waals surface area contributed by atoms with Gasteiger partial charge in [-0.1, -0.05) is 30.3 Å². The smallest absolute Gasteiger partial charge is 0.282 e. The number of ether oxygens (including phenoxy) is 1. The monoisotopic (exact) mass is 395 g/mol. The number of benzene rings is 3. The molecule has 30 heavy (non-hydrogen) atoms. The maximum atomic E-state index is 13.3. The molecule has 0 spiro atoms. The molecule has 1 N–H and O–H groups in total. The fourth-order valence-electron chi connectivity index (χ4n) is 3.26. The van der Waals surface area contributed by atoms with Crippen molar-refractivity contribution in [2.24, 2.45) is 0 Å². The van der Waals surface area contributed by atoms with Gasteiger partial charge in [-0.3, -0.25) is 9.59 Å². The van der Waals surface area contributed by atoms with Gasteiger partial charge >= 0.3 is 0 Å². The fraction of sp³-hybridized carbons (Fsp3) is 0.0417. The number of anilines is 2. The molecule has 3 aromatic rings. The number of amides is 2. The molecule has 1 heterocycles. The highest BCUT2D eigenvalue weighted by Crippen LogP contribution is 2.34. The second kappa shape index (κ2) is 7.94. The zero-order valence-corrected chi connectivity index (χ0v) is 16.1. The van der Waals surface area contributed by atoms with Crippen LogP contribution in [0.4, 0.5) is 11.4 Å². The van der Waals surface area contributed by atoms with E-state index in [0.29, 0.717) is 28.3 Å². The average molecular weight is 395 g/mol. The molecule has 6 heteroatoms. The van der Waals surface area contributed by atoms with Gasteiger partial charge in [0.2, 0.25) is 0 Å². The van der Waals surface area contributed by atoms with E-state index in [0.717, 1.165) is 4.90 Å². The molecule has 0 saturated heterocycles. The third-order valence-corrected chi connectivity index (χ3v) is 4.76. The van der Waals surface area contributed by atoms with Crippen LogP contribution in [0, 0.1) is 11.3 Å². The van der Waals surface area contributed by atoms with E-state index in [1.54, 1.807) is 55.6 Å². The van der Waals surface area contributed by atoms with Crippen molar-refractivity contribution in [3.63, 3.8) is 0 Å². The Morgan fingerprint density at radius 2 is 1.53 bits per heavy atom. The molecule has 1 aliphatic heterocycles. The summed E-state index contributed by atoms with van der Waals surface area (Å²) in [7, 11) is 1.56. The first-order chi connectivity index (χ1) is 14.6. The van der Waals surface area contributed by atoms with Gasteiger partial charge in [-0.2, -0.15) is 5.26 Å². The maximum absolute atomic E-state index is 13.3. The van der Waals surface area contributed by atoms with E-state index in [-0.39, 0.29) is 11.3 Å². The molecule has 0 radical (unpaired) electrons. The number of nitrogens with one attached hydrogen (secondary N) is 1. The van der Waals surface area contributed by atoms with Crippen LogP contribution < -0.4 is 15.0 Å². The average Bonchev–Trinajstić information content (AvgIpc) is 3.04.